The average Bonchev–Trinajstić information content (AvgIpc) is 1.72. The van der Waals surface area contributed by atoms with Gasteiger partial charge in [-0.3, -0.25) is 24.0 Å². The van der Waals surface area contributed by atoms with Crippen molar-refractivity contribution in [1.82, 2.24) is 40.6 Å². The normalized spacial score (nSPS) is 16.3. The van der Waals surface area contributed by atoms with Gasteiger partial charge >= 0.3 is 12.1 Å². The Morgan fingerprint density at radius 2 is 1.46 bits per heavy atom. The molecule has 0 spiro atoms. The average molecular weight is 1300 g/mol. The van der Waals surface area contributed by atoms with E-state index >= 15 is 8.78 Å². The fourth-order valence-corrected chi connectivity index (χ4v) is 10.6. The zero-order valence-electron chi connectivity index (χ0n) is 51.8. The van der Waals surface area contributed by atoms with Crippen LogP contribution in [0.3, 0.4) is 0 Å². The summed E-state index contributed by atoms with van der Waals surface area (Å²) in [7, 11) is 0. The van der Waals surface area contributed by atoms with E-state index in [0.717, 1.165) is 23.8 Å². The summed E-state index contributed by atoms with van der Waals surface area (Å²) in [5.41, 5.74) is 6.93. The van der Waals surface area contributed by atoms with E-state index in [0.29, 0.717) is 94.9 Å². The van der Waals surface area contributed by atoms with E-state index in [9.17, 15) is 43.1 Å². The van der Waals surface area contributed by atoms with Gasteiger partial charge in [0, 0.05) is 82.1 Å². The van der Waals surface area contributed by atoms with Crippen molar-refractivity contribution in [3.05, 3.63) is 108 Å². The third-order valence-corrected chi connectivity index (χ3v) is 15.4. The fraction of sp³-hybridized carbons (Fsp3) is 0.556. The van der Waals surface area contributed by atoms with Crippen LogP contribution in [-0.4, -0.2) is 195 Å². The van der Waals surface area contributed by atoms with Crippen molar-refractivity contribution in [3.63, 3.8) is 0 Å². The highest BCUT2D eigenvalue weighted by molar-refractivity contribution is 7.80. The Bertz CT molecular complexity index is 2950. The number of amides is 8. The molecular formula is C63H87F3N10O14S. The monoisotopic (exact) mass is 1300 g/mol. The molecular weight excluding hydrogens is 1210 g/mol. The van der Waals surface area contributed by atoms with Crippen molar-refractivity contribution in [2.45, 2.75) is 103 Å². The van der Waals surface area contributed by atoms with Crippen LogP contribution in [0, 0.1) is 29.4 Å². The molecule has 1 aromatic heterocycles. The van der Waals surface area contributed by atoms with Gasteiger partial charge in [0.05, 0.1) is 71.1 Å². The highest BCUT2D eigenvalue weighted by atomic mass is 32.1. The molecule has 2 aliphatic rings. The molecule has 3 heterocycles. The molecule has 28 heteroatoms. The van der Waals surface area contributed by atoms with Crippen LogP contribution in [0.2, 0.25) is 0 Å². The SMILES string of the molecule is CC(C)[C@H](NC(=O)CCOCCOCCOCCOCCNC(=O)CCS)C(=O)N[C@@H](CCCNC(N)=O)C(=O)Nc1ccc(COC(=O)N2C[C@@H](CN(C(=O)[C@H](C)O)[C@@H](c3nc(-c4cc(F)ccc4F)cn3Cc3ccccc3)C3CCOCC3)[C@@H](F)C2)cc1. The number of thiol groups is 1. The van der Waals surface area contributed by atoms with Crippen LogP contribution in [0.1, 0.15) is 82.3 Å². The molecule has 8 amide bonds. The zero-order chi connectivity index (χ0) is 65.7. The molecule has 6 rings (SSSR count). The molecule has 2 fully saturated rings. The molecule has 6 atom stereocenters. The molecule has 2 aliphatic heterocycles. The van der Waals surface area contributed by atoms with Gasteiger partial charge in [0.15, 0.2) is 0 Å². The number of anilines is 1. The molecule has 3 aromatic carbocycles. The smallest absolute Gasteiger partial charge is 0.410 e. The predicted octanol–water partition coefficient (Wildman–Crippen LogP) is 5.07. The molecule has 500 valence electrons. The van der Waals surface area contributed by atoms with Crippen LogP contribution in [-0.2, 0) is 65.5 Å². The first-order chi connectivity index (χ1) is 43.8. The topological polar surface area (TPSA) is 306 Å². The Morgan fingerprint density at radius 1 is 0.791 bits per heavy atom. The second-order valence-corrected chi connectivity index (χ2v) is 23.0. The summed E-state index contributed by atoms with van der Waals surface area (Å²) < 4.78 is 81.4. The number of carbonyl (C=O) groups is 7. The largest absolute Gasteiger partial charge is 0.445 e. The number of imidazole rings is 1. The Labute approximate surface area is 533 Å². The van der Waals surface area contributed by atoms with Crippen LogP contribution < -0.4 is 32.3 Å². The maximum Gasteiger partial charge on any atom is 0.410 e. The lowest BCUT2D eigenvalue weighted by Crippen LogP contribution is -2.54. The number of urea groups is 1. The van der Waals surface area contributed by atoms with Crippen molar-refractivity contribution < 1.29 is 80.3 Å². The Balaban J connectivity index is 1.00. The molecule has 0 bridgehead atoms. The summed E-state index contributed by atoms with van der Waals surface area (Å²) in [5, 5.41) is 24.4. The van der Waals surface area contributed by atoms with Crippen molar-refractivity contribution in [2.24, 2.45) is 23.5 Å². The second-order valence-electron chi connectivity index (χ2n) is 22.5. The first kappa shape index (κ1) is 72.7. The summed E-state index contributed by atoms with van der Waals surface area (Å²) in [6, 6.07) is 14.9. The van der Waals surface area contributed by atoms with Crippen LogP contribution >= 0.6 is 12.6 Å². The number of primary amides is 1. The number of carbonyl (C=O) groups excluding carboxylic acids is 7. The summed E-state index contributed by atoms with van der Waals surface area (Å²) in [5.74, 6) is -4.71. The summed E-state index contributed by atoms with van der Waals surface area (Å²) in [6.07, 6.45) is -0.849. The van der Waals surface area contributed by atoms with Gasteiger partial charge in [-0.25, -0.2) is 27.7 Å². The minimum Gasteiger partial charge on any atom is -0.445 e. The van der Waals surface area contributed by atoms with E-state index in [1.165, 1.54) is 16.7 Å². The van der Waals surface area contributed by atoms with E-state index in [-0.39, 0.29) is 107 Å². The van der Waals surface area contributed by atoms with Gasteiger partial charge < -0.3 is 80.2 Å². The highest BCUT2D eigenvalue weighted by Gasteiger charge is 2.44. The molecule has 0 unspecified atom stereocenters. The zero-order valence-corrected chi connectivity index (χ0v) is 52.7. The first-order valence-electron chi connectivity index (χ1n) is 30.7. The minimum atomic E-state index is -1.62. The van der Waals surface area contributed by atoms with Gasteiger partial charge in [-0.15, -0.1) is 0 Å². The Kier molecular flexibility index (Phi) is 30.8. The number of alkyl halides is 1. The number of ether oxygens (including phenoxy) is 6. The highest BCUT2D eigenvalue weighted by Crippen LogP contribution is 2.39. The number of nitrogens with zero attached hydrogens (tertiary/aromatic N) is 4. The molecule has 24 nitrogen and oxygen atoms in total. The van der Waals surface area contributed by atoms with Gasteiger partial charge in [0.2, 0.25) is 23.6 Å². The molecule has 2 saturated heterocycles. The van der Waals surface area contributed by atoms with Crippen LogP contribution in [0.25, 0.3) is 11.3 Å². The number of nitrogens with one attached hydrogen (secondary N) is 5. The number of rotatable bonds is 38. The maximum atomic E-state index is 16.4. The van der Waals surface area contributed by atoms with Crippen molar-refractivity contribution in [3.8, 4) is 11.3 Å². The maximum absolute atomic E-state index is 16.4. The van der Waals surface area contributed by atoms with Gasteiger partial charge in [-0.2, -0.15) is 12.6 Å². The first-order valence-corrected chi connectivity index (χ1v) is 31.3. The number of aromatic nitrogens is 2. The number of nitrogens with two attached hydrogens (primary N) is 1. The van der Waals surface area contributed by atoms with Crippen LogP contribution in [0.4, 0.5) is 28.4 Å². The molecule has 0 radical (unpaired) electrons. The van der Waals surface area contributed by atoms with Gasteiger partial charge in [-0.1, -0.05) is 56.3 Å². The number of benzene rings is 3. The molecule has 0 aliphatic carbocycles. The summed E-state index contributed by atoms with van der Waals surface area (Å²) >= 11 is 4.02. The van der Waals surface area contributed by atoms with Crippen molar-refractivity contribution in [1.29, 1.82) is 0 Å². The van der Waals surface area contributed by atoms with E-state index in [1.807, 2.05) is 30.3 Å². The lowest BCUT2D eigenvalue weighted by atomic mass is 9.88. The van der Waals surface area contributed by atoms with Gasteiger partial charge in [0.25, 0.3) is 5.91 Å². The predicted molar refractivity (Wildman–Crippen MR) is 333 cm³/mol. The number of hydrogen-bond donors (Lipinski definition) is 8. The van der Waals surface area contributed by atoms with E-state index in [4.69, 9.17) is 39.1 Å². The quantitative estimate of drug-likeness (QED) is 0.0215. The van der Waals surface area contributed by atoms with E-state index in [1.54, 1.807) is 48.9 Å². The van der Waals surface area contributed by atoms with Gasteiger partial charge in [0.1, 0.15) is 48.4 Å². The van der Waals surface area contributed by atoms with E-state index < -0.39 is 83.7 Å². The van der Waals surface area contributed by atoms with E-state index in [2.05, 4.69) is 39.2 Å². The van der Waals surface area contributed by atoms with Crippen molar-refractivity contribution >= 4 is 60.0 Å². The number of aliphatic hydroxyl groups is 1. The van der Waals surface area contributed by atoms with Gasteiger partial charge in [-0.05, 0) is 91.7 Å². The number of halogens is 3. The molecule has 4 aromatic rings. The summed E-state index contributed by atoms with van der Waals surface area (Å²) in [4.78, 5) is 98.8. The Morgan fingerprint density at radius 3 is 2.11 bits per heavy atom. The standard InChI is InChI=1S/C63H87F3N10O14S/c1-41(2)56(73-55(79)19-25-86-27-29-88-31-32-89-30-28-87-26-22-68-54(78)20-33-91)60(81)72-52(10-7-21-69-62(67)83)59(80)70-48-14-11-44(12-15-48)40-90-63(84)75-36-46(51(66)38-75)37-76(61(82)42(3)77)57(45-17-23-85-24-18-45)58-71-53(49-34-47(64)13-16-50(49)65)39-74(58)35-43-8-5-4-6-9-43/h4-6,8-9,11-16,34,39,41-42,45-46,51-52,56-57,77,91H,7,10,17-33,35-38,40H2,1-3H3,(H,68,78)(H,70,80)(H,72,81)(H,73,79)(H3,67,69,83)/t42-,46-,51-,52-,56-,57+/m0/s1. The number of hydrogen-bond acceptors (Lipinski definition) is 16. The Hall–Kier alpha value is -7.34. The lowest BCUT2D eigenvalue weighted by Gasteiger charge is -2.40. The fourth-order valence-electron chi connectivity index (χ4n) is 10.4. The third-order valence-electron chi connectivity index (χ3n) is 15.2. The number of likely N-dealkylation sites (tertiary alicyclic amines) is 1. The number of aliphatic hydroxyl groups excluding tert-OH is 1. The van der Waals surface area contributed by atoms with Crippen molar-refractivity contribution in [2.75, 3.05) is 110 Å². The van der Waals surface area contributed by atoms with Crippen LogP contribution in [0.15, 0.2) is 79.0 Å². The third kappa shape index (κ3) is 24.3. The molecule has 8 N–H and O–H groups in total. The lowest BCUT2D eigenvalue weighted by molar-refractivity contribution is -0.145. The molecule has 91 heavy (non-hydrogen) atoms. The minimum absolute atomic E-state index is 0.0535. The van der Waals surface area contributed by atoms with Crippen LogP contribution in [0.5, 0.6) is 0 Å². The molecule has 0 saturated carbocycles. The second kappa shape index (κ2) is 38.5. The summed E-state index contributed by atoms with van der Waals surface area (Å²) in [6.45, 7) is 7.50.